The fourth-order valence-electron chi connectivity index (χ4n) is 2.61. The average molecular weight is 284 g/mol. The van der Waals surface area contributed by atoms with E-state index in [0.29, 0.717) is 17.7 Å². The summed E-state index contributed by atoms with van der Waals surface area (Å²) in [6.07, 6.45) is 10.4. The Labute approximate surface area is 124 Å². The molecule has 0 aromatic carbocycles. The van der Waals surface area contributed by atoms with Crippen LogP contribution in [0.15, 0.2) is 30.9 Å². The van der Waals surface area contributed by atoms with Crippen molar-refractivity contribution in [3.05, 3.63) is 36.5 Å². The first kappa shape index (κ1) is 13.9. The summed E-state index contributed by atoms with van der Waals surface area (Å²) >= 11 is 0. The second-order valence-corrected chi connectivity index (χ2v) is 5.54. The molecule has 0 saturated carbocycles. The van der Waals surface area contributed by atoms with E-state index in [9.17, 15) is 0 Å². The predicted octanol–water partition coefficient (Wildman–Crippen LogP) is 1.89. The summed E-state index contributed by atoms with van der Waals surface area (Å²) in [6, 6.07) is 1.79. The van der Waals surface area contributed by atoms with Crippen LogP contribution in [0.1, 0.15) is 18.5 Å². The van der Waals surface area contributed by atoms with Crippen LogP contribution in [0.3, 0.4) is 0 Å². The second-order valence-electron chi connectivity index (χ2n) is 5.54. The molecule has 3 rings (SSSR count). The molecule has 1 N–H and O–H groups in total. The Morgan fingerprint density at radius 1 is 1.19 bits per heavy atom. The van der Waals surface area contributed by atoms with E-state index in [2.05, 4.69) is 37.2 Å². The van der Waals surface area contributed by atoms with Crippen LogP contribution >= 0.6 is 0 Å². The second kappa shape index (κ2) is 6.58. The topological polar surface area (TPSA) is 66.8 Å². The van der Waals surface area contributed by atoms with Gasteiger partial charge in [-0.25, -0.2) is 15.0 Å². The molecular formula is C15H20N6. The first-order chi connectivity index (χ1) is 10.3. The molecule has 0 spiro atoms. The third-order valence-electron chi connectivity index (χ3n) is 3.83. The van der Waals surface area contributed by atoms with Gasteiger partial charge < -0.3 is 10.2 Å². The maximum Gasteiger partial charge on any atom is 0.228 e. The maximum atomic E-state index is 4.61. The van der Waals surface area contributed by atoms with Crippen molar-refractivity contribution < 1.29 is 0 Å². The Bertz CT molecular complexity index is 565. The Balaban J connectivity index is 1.63. The van der Waals surface area contributed by atoms with Crippen LogP contribution in [0, 0.1) is 5.92 Å². The number of anilines is 2. The largest absolute Gasteiger partial charge is 0.307 e. The quantitative estimate of drug-likeness (QED) is 0.925. The molecule has 2 aromatic rings. The van der Waals surface area contributed by atoms with Gasteiger partial charge in [0, 0.05) is 18.6 Å². The maximum absolute atomic E-state index is 4.61. The Morgan fingerprint density at radius 2 is 1.95 bits per heavy atom. The molecule has 1 aliphatic heterocycles. The number of hydrogen-bond acceptors (Lipinski definition) is 6. The van der Waals surface area contributed by atoms with Crippen molar-refractivity contribution in [2.75, 3.05) is 25.5 Å². The van der Waals surface area contributed by atoms with Crippen molar-refractivity contribution in [3.8, 4) is 0 Å². The number of likely N-dealkylation sites (tertiary alicyclic amines) is 1. The number of rotatable bonds is 4. The van der Waals surface area contributed by atoms with Crippen molar-refractivity contribution >= 4 is 11.8 Å². The van der Waals surface area contributed by atoms with E-state index in [0.717, 1.165) is 12.1 Å². The molecule has 0 unspecified atom stereocenters. The average Bonchev–Trinajstić information content (AvgIpc) is 2.51. The third kappa shape index (κ3) is 3.95. The number of piperidine rings is 1. The Kier molecular flexibility index (Phi) is 4.35. The van der Waals surface area contributed by atoms with Gasteiger partial charge in [0.2, 0.25) is 5.95 Å². The van der Waals surface area contributed by atoms with Crippen LogP contribution in [0.4, 0.5) is 11.8 Å². The molecule has 0 atom stereocenters. The van der Waals surface area contributed by atoms with Crippen molar-refractivity contribution in [1.29, 1.82) is 0 Å². The lowest BCUT2D eigenvalue weighted by atomic mass is 9.92. The van der Waals surface area contributed by atoms with Crippen LogP contribution < -0.4 is 5.32 Å². The Hall–Kier alpha value is -2.08. The standard InChI is InChI=1S/C15H20N6/c1-21-7-3-12(4-8-21)9-13-10-16-11-14(19-13)20-15-17-5-2-6-18-15/h2,5-6,10-12H,3-4,7-9H2,1H3,(H,17,18,19,20). The molecule has 0 amide bonds. The number of nitrogens with one attached hydrogen (secondary N) is 1. The van der Waals surface area contributed by atoms with Crippen LogP contribution in [-0.2, 0) is 6.42 Å². The third-order valence-corrected chi connectivity index (χ3v) is 3.83. The smallest absolute Gasteiger partial charge is 0.228 e. The normalized spacial score (nSPS) is 16.8. The summed E-state index contributed by atoms with van der Waals surface area (Å²) in [7, 11) is 2.18. The molecule has 2 aromatic heterocycles. The van der Waals surface area contributed by atoms with Gasteiger partial charge in [-0.3, -0.25) is 4.98 Å². The van der Waals surface area contributed by atoms with E-state index in [-0.39, 0.29) is 0 Å². The van der Waals surface area contributed by atoms with Crippen LogP contribution in [0.25, 0.3) is 0 Å². The highest BCUT2D eigenvalue weighted by Gasteiger charge is 2.17. The van der Waals surface area contributed by atoms with Gasteiger partial charge in [-0.05, 0) is 51.4 Å². The highest BCUT2D eigenvalue weighted by molar-refractivity contribution is 5.45. The fraction of sp³-hybridized carbons (Fsp3) is 0.467. The molecule has 6 heteroatoms. The van der Waals surface area contributed by atoms with E-state index in [4.69, 9.17) is 0 Å². The van der Waals surface area contributed by atoms with E-state index in [1.807, 2.05) is 6.20 Å². The minimum absolute atomic E-state index is 0.545. The van der Waals surface area contributed by atoms with Gasteiger partial charge in [0.1, 0.15) is 0 Å². The molecule has 0 bridgehead atoms. The summed E-state index contributed by atoms with van der Waals surface area (Å²) in [5, 5.41) is 3.08. The van der Waals surface area contributed by atoms with Gasteiger partial charge in [-0.15, -0.1) is 0 Å². The van der Waals surface area contributed by atoms with Crippen molar-refractivity contribution in [2.45, 2.75) is 19.3 Å². The lowest BCUT2D eigenvalue weighted by Gasteiger charge is -2.28. The minimum Gasteiger partial charge on any atom is -0.307 e. The number of nitrogens with zero attached hydrogens (tertiary/aromatic N) is 5. The SMILES string of the molecule is CN1CCC(Cc2cncc(Nc3ncccn3)n2)CC1. The summed E-state index contributed by atoms with van der Waals surface area (Å²) in [5.41, 5.74) is 1.03. The molecule has 110 valence electrons. The predicted molar refractivity (Wildman–Crippen MR) is 81.3 cm³/mol. The summed E-state index contributed by atoms with van der Waals surface area (Å²) in [4.78, 5) is 19.5. The van der Waals surface area contributed by atoms with Crippen LogP contribution in [-0.4, -0.2) is 45.0 Å². The summed E-state index contributed by atoms with van der Waals surface area (Å²) in [6.45, 7) is 2.35. The van der Waals surface area contributed by atoms with Crippen molar-refractivity contribution in [2.24, 2.45) is 5.92 Å². The summed E-state index contributed by atoms with van der Waals surface area (Å²) < 4.78 is 0. The zero-order valence-corrected chi connectivity index (χ0v) is 12.2. The van der Waals surface area contributed by atoms with Crippen LogP contribution in [0.2, 0.25) is 0 Å². The highest BCUT2D eigenvalue weighted by Crippen LogP contribution is 2.20. The first-order valence-corrected chi connectivity index (χ1v) is 7.33. The zero-order chi connectivity index (χ0) is 14.5. The molecule has 1 saturated heterocycles. The number of hydrogen-bond donors (Lipinski definition) is 1. The van der Waals surface area contributed by atoms with E-state index in [1.54, 1.807) is 24.7 Å². The van der Waals surface area contributed by atoms with Crippen molar-refractivity contribution in [1.82, 2.24) is 24.8 Å². The molecule has 0 aliphatic carbocycles. The van der Waals surface area contributed by atoms with E-state index >= 15 is 0 Å². The monoisotopic (exact) mass is 284 g/mol. The minimum atomic E-state index is 0.545. The van der Waals surface area contributed by atoms with Gasteiger partial charge in [-0.2, -0.15) is 0 Å². The lowest BCUT2D eigenvalue weighted by molar-refractivity contribution is 0.218. The Morgan fingerprint density at radius 3 is 2.71 bits per heavy atom. The van der Waals surface area contributed by atoms with Gasteiger partial charge in [0.25, 0.3) is 0 Å². The van der Waals surface area contributed by atoms with Gasteiger partial charge in [0.15, 0.2) is 5.82 Å². The number of aromatic nitrogens is 4. The molecule has 1 aliphatic rings. The molecule has 0 radical (unpaired) electrons. The molecule has 6 nitrogen and oxygen atoms in total. The summed E-state index contributed by atoms with van der Waals surface area (Å²) in [5.74, 6) is 1.95. The molecule has 1 fully saturated rings. The highest BCUT2D eigenvalue weighted by atomic mass is 15.1. The molecule has 3 heterocycles. The van der Waals surface area contributed by atoms with Gasteiger partial charge in [0.05, 0.1) is 11.9 Å². The van der Waals surface area contributed by atoms with Crippen LogP contribution in [0.5, 0.6) is 0 Å². The molecule has 21 heavy (non-hydrogen) atoms. The van der Waals surface area contributed by atoms with Gasteiger partial charge in [-0.1, -0.05) is 0 Å². The molecular weight excluding hydrogens is 264 g/mol. The first-order valence-electron chi connectivity index (χ1n) is 7.33. The van der Waals surface area contributed by atoms with Gasteiger partial charge >= 0.3 is 0 Å². The van der Waals surface area contributed by atoms with E-state index in [1.165, 1.54) is 25.9 Å². The van der Waals surface area contributed by atoms with E-state index < -0.39 is 0 Å². The fourth-order valence-corrected chi connectivity index (χ4v) is 2.61. The van der Waals surface area contributed by atoms with Crippen molar-refractivity contribution in [3.63, 3.8) is 0 Å². The zero-order valence-electron chi connectivity index (χ0n) is 12.2. The lowest BCUT2D eigenvalue weighted by Crippen LogP contribution is -2.31.